The van der Waals surface area contributed by atoms with E-state index in [1.54, 1.807) is 6.92 Å². The normalized spacial score (nSPS) is 26.4. The van der Waals surface area contributed by atoms with E-state index in [0.29, 0.717) is 31.7 Å². The number of Topliss-reactive ketones (excluding diaryl/α,β-unsaturated/α-hetero) is 1. The molecule has 0 bridgehead atoms. The molecule has 2 radical (unpaired) electrons. The fraction of sp³-hybridized carbons (Fsp3) is 0.750. The summed E-state index contributed by atoms with van der Waals surface area (Å²) in [5.41, 5.74) is -0.0813. The fourth-order valence-corrected chi connectivity index (χ4v) is 1.98. The molecule has 1 fully saturated rings. The molecule has 0 amide bonds. The van der Waals surface area contributed by atoms with Crippen molar-refractivity contribution >= 4 is 11.8 Å². The van der Waals surface area contributed by atoms with E-state index in [4.69, 9.17) is 4.74 Å². The van der Waals surface area contributed by atoms with Crippen molar-refractivity contribution in [2.75, 3.05) is 6.61 Å². The third-order valence-electron chi connectivity index (χ3n) is 2.79. The van der Waals surface area contributed by atoms with Crippen molar-refractivity contribution in [3.05, 3.63) is 6.42 Å². The number of hydrogen-bond acceptors (Lipinski definition) is 3. The highest BCUT2D eigenvalue weighted by Gasteiger charge is 2.31. The number of esters is 1. The van der Waals surface area contributed by atoms with Crippen molar-refractivity contribution in [2.45, 2.75) is 46.0 Å². The van der Waals surface area contributed by atoms with E-state index in [2.05, 4.69) is 6.42 Å². The highest BCUT2D eigenvalue weighted by Crippen LogP contribution is 2.37. The average Bonchev–Trinajstić information content (AvgIpc) is 2.15. The summed E-state index contributed by atoms with van der Waals surface area (Å²) in [6.07, 6.45) is 6.41. The molecule has 15 heavy (non-hydrogen) atoms. The highest BCUT2D eigenvalue weighted by molar-refractivity contribution is 5.81. The van der Waals surface area contributed by atoms with Gasteiger partial charge < -0.3 is 4.74 Å². The Hall–Kier alpha value is -0.860. The number of ketones is 1. The van der Waals surface area contributed by atoms with Crippen molar-refractivity contribution in [1.29, 1.82) is 0 Å². The number of rotatable bonds is 4. The highest BCUT2D eigenvalue weighted by atomic mass is 16.5. The van der Waals surface area contributed by atoms with Crippen LogP contribution in [0, 0.1) is 11.8 Å². The first-order chi connectivity index (χ1) is 7.06. The maximum absolute atomic E-state index is 11.3. The van der Waals surface area contributed by atoms with Crippen LogP contribution in [0.3, 0.4) is 0 Å². The van der Waals surface area contributed by atoms with Crippen LogP contribution in [0.4, 0.5) is 0 Å². The quantitative estimate of drug-likeness (QED) is 0.668. The first kappa shape index (κ1) is 12.2. The standard InChI is InChI=1S/C12H18O3/c1-3-15-11(14)6-8-12(2)7-4-5-10(13)9-12/h3-5,7-9H2,1-2H3/t12-/m1/s1. The molecule has 1 aliphatic rings. The molecule has 0 aromatic rings. The summed E-state index contributed by atoms with van der Waals surface area (Å²) in [6, 6.07) is 0. The van der Waals surface area contributed by atoms with E-state index in [9.17, 15) is 9.59 Å². The van der Waals surface area contributed by atoms with Gasteiger partial charge in [-0.2, -0.15) is 0 Å². The Kier molecular flexibility index (Phi) is 4.30. The molecule has 0 heterocycles. The van der Waals surface area contributed by atoms with Gasteiger partial charge in [0.15, 0.2) is 0 Å². The molecule has 0 unspecified atom stereocenters. The third-order valence-corrected chi connectivity index (χ3v) is 2.79. The van der Waals surface area contributed by atoms with Crippen LogP contribution in [0.25, 0.3) is 0 Å². The molecule has 1 rings (SSSR count). The summed E-state index contributed by atoms with van der Waals surface area (Å²) < 4.78 is 4.77. The van der Waals surface area contributed by atoms with Gasteiger partial charge in [-0.1, -0.05) is 6.92 Å². The summed E-state index contributed by atoms with van der Waals surface area (Å²) in [4.78, 5) is 22.4. The van der Waals surface area contributed by atoms with Gasteiger partial charge in [0, 0.05) is 12.8 Å². The summed E-state index contributed by atoms with van der Waals surface area (Å²) in [5, 5.41) is 0. The van der Waals surface area contributed by atoms with Gasteiger partial charge in [-0.15, -0.1) is 0 Å². The van der Waals surface area contributed by atoms with Gasteiger partial charge in [-0.3, -0.25) is 9.59 Å². The summed E-state index contributed by atoms with van der Waals surface area (Å²) >= 11 is 0. The molecule has 0 spiro atoms. The lowest BCUT2D eigenvalue weighted by Crippen LogP contribution is -2.27. The number of carbonyl (C=O) groups excluding carboxylic acids is 2. The van der Waals surface area contributed by atoms with Crippen LogP contribution >= 0.6 is 0 Å². The van der Waals surface area contributed by atoms with Crippen LogP contribution in [0.5, 0.6) is 0 Å². The van der Waals surface area contributed by atoms with Crippen LogP contribution in [0.15, 0.2) is 0 Å². The molecule has 1 aliphatic carbocycles. The van der Waals surface area contributed by atoms with Gasteiger partial charge in [0.25, 0.3) is 0 Å². The predicted molar refractivity (Wildman–Crippen MR) is 56.1 cm³/mol. The van der Waals surface area contributed by atoms with Crippen LogP contribution in [0.2, 0.25) is 0 Å². The van der Waals surface area contributed by atoms with Gasteiger partial charge >= 0.3 is 5.97 Å². The van der Waals surface area contributed by atoms with Gasteiger partial charge in [-0.25, -0.2) is 0 Å². The SMILES string of the molecule is CCOC(=O)[C]C[C@@]1(C)CCCC(=O)C1. The second kappa shape index (κ2) is 5.29. The number of ether oxygens (including phenoxy) is 1. The van der Waals surface area contributed by atoms with Crippen LogP contribution in [-0.4, -0.2) is 18.4 Å². The summed E-state index contributed by atoms with van der Waals surface area (Å²) in [7, 11) is 0. The second-order valence-corrected chi connectivity index (χ2v) is 4.45. The molecule has 0 saturated heterocycles. The van der Waals surface area contributed by atoms with Crippen molar-refractivity contribution < 1.29 is 14.3 Å². The van der Waals surface area contributed by atoms with Crippen molar-refractivity contribution in [3.63, 3.8) is 0 Å². The molecule has 3 heteroatoms. The minimum absolute atomic E-state index is 0.0813. The van der Waals surface area contributed by atoms with E-state index in [1.165, 1.54) is 0 Å². The fourth-order valence-electron chi connectivity index (χ4n) is 1.98. The Bertz CT molecular complexity index is 247. The third kappa shape index (κ3) is 4.02. The van der Waals surface area contributed by atoms with E-state index >= 15 is 0 Å². The number of carbonyl (C=O) groups is 2. The van der Waals surface area contributed by atoms with Gasteiger partial charge in [-0.05, 0) is 31.6 Å². The lowest BCUT2D eigenvalue weighted by atomic mass is 9.72. The predicted octanol–water partition coefficient (Wildman–Crippen LogP) is 2.17. The Morgan fingerprint density at radius 1 is 1.60 bits per heavy atom. The van der Waals surface area contributed by atoms with E-state index in [1.807, 2.05) is 6.92 Å². The van der Waals surface area contributed by atoms with Crippen molar-refractivity contribution in [1.82, 2.24) is 0 Å². The molecule has 1 atom stereocenters. The first-order valence-corrected chi connectivity index (χ1v) is 5.48. The van der Waals surface area contributed by atoms with Crippen LogP contribution < -0.4 is 0 Å². The van der Waals surface area contributed by atoms with E-state index in [-0.39, 0.29) is 5.41 Å². The van der Waals surface area contributed by atoms with E-state index in [0.717, 1.165) is 12.8 Å². The maximum Gasteiger partial charge on any atom is 0.314 e. The Morgan fingerprint density at radius 3 is 2.93 bits per heavy atom. The minimum atomic E-state index is -0.392. The Balaban J connectivity index is 2.35. The van der Waals surface area contributed by atoms with E-state index < -0.39 is 5.97 Å². The van der Waals surface area contributed by atoms with Gasteiger partial charge in [0.05, 0.1) is 6.61 Å². The minimum Gasteiger partial charge on any atom is -0.466 e. The molecule has 3 nitrogen and oxygen atoms in total. The Labute approximate surface area is 91.2 Å². The molecule has 1 saturated carbocycles. The molecule has 0 aromatic heterocycles. The second-order valence-electron chi connectivity index (χ2n) is 4.45. The molecular weight excluding hydrogens is 192 g/mol. The molecule has 0 aromatic carbocycles. The summed E-state index contributed by atoms with van der Waals surface area (Å²) in [6.45, 7) is 4.18. The zero-order valence-electron chi connectivity index (χ0n) is 9.47. The lowest BCUT2D eigenvalue weighted by Gasteiger charge is -2.32. The topological polar surface area (TPSA) is 43.4 Å². The summed E-state index contributed by atoms with van der Waals surface area (Å²) in [5.74, 6) is -0.0915. The maximum atomic E-state index is 11.3. The molecular formula is C12H18O3. The zero-order chi connectivity index (χ0) is 11.3. The average molecular weight is 210 g/mol. The first-order valence-electron chi connectivity index (χ1n) is 5.48. The largest absolute Gasteiger partial charge is 0.466 e. The van der Waals surface area contributed by atoms with Crippen LogP contribution in [-0.2, 0) is 14.3 Å². The molecule has 0 aliphatic heterocycles. The lowest BCUT2D eigenvalue weighted by molar-refractivity contribution is -0.139. The monoisotopic (exact) mass is 210 g/mol. The molecule has 0 N–H and O–H groups in total. The zero-order valence-corrected chi connectivity index (χ0v) is 9.47. The smallest absolute Gasteiger partial charge is 0.314 e. The van der Waals surface area contributed by atoms with Gasteiger partial charge in [0.1, 0.15) is 12.2 Å². The Morgan fingerprint density at radius 2 is 2.33 bits per heavy atom. The van der Waals surface area contributed by atoms with Crippen molar-refractivity contribution in [2.24, 2.45) is 5.41 Å². The van der Waals surface area contributed by atoms with Crippen LogP contribution in [0.1, 0.15) is 46.0 Å². The molecule has 84 valence electrons. The van der Waals surface area contributed by atoms with Gasteiger partial charge in [0.2, 0.25) is 0 Å². The number of hydrogen-bond donors (Lipinski definition) is 0. The van der Waals surface area contributed by atoms with Crippen molar-refractivity contribution in [3.8, 4) is 0 Å².